The number of aliphatic hydroxyl groups excluding tert-OH is 1. The normalized spacial score (nSPS) is 19.5. The Labute approximate surface area is 184 Å². The zero-order valence-electron chi connectivity index (χ0n) is 17.9. The minimum Gasteiger partial charge on any atom is -0.445 e. The molecule has 0 unspecified atom stereocenters. The first-order valence-corrected chi connectivity index (χ1v) is 10.4. The van der Waals surface area contributed by atoms with Crippen LogP contribution >= 0.6 is 0 Å². The highest BCUT2D eigenvalue weighted by Crippen LogP contribution is 2.29. The number of tetrazole rings is 2. The van der Waals surface area contributed by atoms with Crippen molar-refractivity contribution in [3.05, 3.63) is 47.5 Å². The summed E-state index contributed by atoms with van der Waals surface area (Å²) in [6.45, 7) is 2.00. The molecule has 4 heterocycles. The monoisotopic (exact) mass is 444 g/mol. The van der Waals surface area contributed by atoms with Crippen LogP contribution in [0.15, 0.2) is 30.3 Å². The molecule has 3 aromatic rings. The zero-order chi connectivity index (χ0) is 22.6. The van der Waals surface area contributed by atoms with Gasteiger partial charge in [-0.25, -0.2) is 4.79 Å². The number of carbonyl (C=O) groups excluding carboxylic acids is 1. The Morgan fingerprint density at radius 3 is 2.41 bits per heavy atom. The largest absolute Gasteiger partial charge is 0.445 e. The lowest BCUT2D eigenvalue weighted by Gasteiger charge is -2.21. The highest BCUT2D eigenvalue weighted by molar-refractivity contribution is 5.68. The molecule has 13 nitrogen and oxygen atoms in total. The lowest BCUT2D eigenvalue weighted by atomic mass is 10.2. The van der Waals surface area contributed by atoms with E-state index in [0.29, 0.717) is 18.4 Å². The van der Waals surface area contributed by atoms with Crippen LogP contribution < -0.4 is 5.32 Å². The number of hydrogen-bond donors (Lipinski definition) is 4. The summed E-state index contributed by atoms with van der Waals surface area (Å²) in [5, 5.41) is 37.8. The van der Waals surface area contributed by atoms with E-state index in [0.717, 1.165) is 44.3 Å². The fourth-order valence-corrected chi connectivity index (χ4v) is 3.59. The predicted octanol–water partition coefficient (Wildman–Crippen LogP) is 0.906. The molecule has 2 aliphatic heterocycles. The molecule has 1 amide bonds. The van der Waals surface area contributed by atoms with Gasteiger partial charge in [0, 0.05) is 13.7 Å². The molecule has 0 aliphatic carbocycles. The first-order chi connectivity index (χ1) is 15.8. The average Bonchev–Trinajstić information content (AvgIpc) is 3.67. The van der Waals surface area contributed by atoms with Crippen molar-refractivity contribution in [1.82, 2.24) is 51.5 Å². The molecule has 0 spiro atoms. The van der Waals surface area contributed by atoms with Gasteiger partial charge in [0.25, 0.3) is 0 Å². The summed E-state index contributed by atoms with van der Waals surface area (Å²) in [5.74, 6) is 1.33. The van der Waals surface area contributed by atoms with Crippen LogP contribution in [0, 0.1) is 0 Å². The number of nitrogens with zero attached hydrogens (tertiary/aromatic N) is 7. The maximum Gasteiger partial charge on any atom is 0.410 e. The van der Waals surface area contributed by atoms with Gasteiger partial charge in [-0.2, -0.15) is 10.4 Å². The number of aliphatic hydroxyl groups is 1. The van der Waals surface area contributed by atoms with Crippen molar-refractivity contribution in [2.75, 3.05) is 20.2 Å². The van der Waals surface area contributed by atoms with Gasteiger partial charge in [0.2, 0.25) is 0 Å². The standard InChI is InChI=1S/C13H15N5O2.C5H9N5.CH4O/c19-13(20-9-10-5-2-1-3-6-10)18-8-4-7-11(18)12-14-16-17-15-12;1-2-4(6-3-1)5-7-9-10-8-5;1-2/h1-3,5-6,11H,4,7-9H2,(H,14,15,16,17);4,6H,1-3H2,(H,7,8,9,10);2H,1H3/t11-;4-;/m00./s1. The summed E-state index contributed by atoms with van der Waals surface area (Å²) >= 11 is 0. The Morgan fingerprint density at radius 1 is 1.06 bits per heavy atom. The summed E-state index contributed by atoms with van der Waals surface area (Å²) in [6.07, 6.45) is 3.75. The number of aromatic amines is 2. The number of aromatic nitrogens is 8. The molecule has 0 bridgehead atoms. The lowest BCUT2D eigenvalue weighted by Crippen LogP contribution is -2.31. The number of amides is 1. The van der Waals surface area contributed by atoms with Crippen molar-refractivity contribution >= 4 is 6.09 Å². The second kappa shape index (κ2) is 12.4. The number of hydrogen-bond acceptors (Lipinski definition) is 10. The Kier molecular flexibility index (Phi) is 9.01. The van der Waals surface area contributed by atoms with E-state index in [1.54, 1.807) is 4.90 Å². The summed E-state index contributed by atoms with van der Waals surface area (Å²) in [6, 6.07) is 9.80. The Morgan fingerprint density at radius 2 is 1.78 bits per heavy atom. The number of benzene rings is 1. The van der Waals surface area contributed by atoms with Gasteiger partial charge in [0.15, 0.2) is 11.6 Å². The second-order valence-electron chi connectivity index (χ2n) is 7.08. The fourth-order valence-electron chi connectivity index (χ4n) is 3.59. The molecule has 1 aromatic carbocycles. The molecule has 2 aliphatic rings. The number of rotatable bonds is 4. The smallest absolute Gasteiger partial charge is 0.410 e. The molecule has 32 heavy (non-hydrogen) atoms. The SMILES string of the molecule is C1CN[C@H](c2nn[nH]n2)C1.CO.O=C(OCc1ccccc1)N1CCC[C@H]1c1nn[nH]n1. The molecule has 5 rings (SSSR count). The molecule has 2 atom stereocenters. The molecule has 0 radical (unpaired) electrons. The first-order valence-electron chi connectivity index (χ1n) is 10.4. The van der Waals surface area contributed by atoms with Crippen LogP contribution in [0.4, 0.5) is 4.79 Å². The van der Waals surface area contributed by atoms with E-state index < -0.39 is 0 Å². The number of likely N-dealkylation sites (tertiary alicyclic amines) is 1. The van der Waals surface area contributed by atoms with Crippen molar-refractivity contribution in [1.29, 1.82) is 0 Å². The quantitative estimate of drug-likeness (QED) is 0.453. The molecule has 4 N–H and O–H groups in total. The molecular weight excluding hydrogens is 416 g/mol. The van der Waals surface area contributed by atoms with Crippen LogP contribution in [0.2, 0.25) is 0 Å². The number of ether oxygens (including phenoxy) is 1. The van der Waals surface area contributed by atoms with E-state index in [1.165, 1.54) is 6.42 Å². The van der Waals surface area contributed by atoms with Gasteiger partial charge in [0.1, 0.15) is 6.61 Å². The van der Waals surface area contributed by atoms with Crippen molar-refractivity contribution < 1.29 is 14.6 Å². The highest BCUT2D eigenvalue weighted by Gasteiger charge is 2.33. The molecule has 2 fully saturated rings. The van der Waals surface area contributed by atoms with E-state index in [2.05, 4.69) is 46.6 Å². The molecule has 13 heteroatoms. The predicted molar refractivity (Wildman–Crippen MR) is 112 cm³/mol. The fraction of sp³-hybridized carbons (Fsp3) is 0.526. The minimum absolute atomic E-state index is 0.142. The zero-order valence-corrected chi connectivity index (χ0v) is 17.9. The highest BCUT2D eigenvalue weighted by atomic mass is 16.6. The van der Waals surface area contributed by atoms with E-state index >= 15 is 0 Å². The number of carbonyl (C=O) groups is 1. The van der Waals surface area contributed by atoms with Gasteiger partial charge in [-0.3, -0.25) is 4.90 Å². The summed E-state index contributed by atoms with van der Waals surface area (Å²) in [5.41, 5.74) is 0.969. The molecular formula is C19H28N10O3. The van der Waals surface area contributed by atoms with Crippen LogP contribution in [0.25, 0.3) is 0 Å². The van der Waals surface area contributed by atoms with E-state index in [4.69, 9.17) is 9.84 Å². The van der Waals surface area contributed by atoms with E-state index in [9.17, 15) is 4.79 Å². The topological polar surface area (TPSA) is 171 Å². The van der Waals surface area contributed by atoms with Crippen molar-refractivity contribution in [2.45, 2.75) is 44.4 Å². The maximum atomic E-state index is 12.1. The third kappa shape index (κ3) is 6.28. The Bertz CT molecular complexity index is 885. The van der Waals surface area contributed by atoms with Gasteiger partial charge in [-0.1, -0.05) is 40.8 Å². The average molecular weight is 445 g/mol. The Balaban J connectivity index is 0.000000201. The number of nitrogens with one attached hydrogen (secondary N) is 3. The third-order valence-electron chi connectivity index (χ3n) is 5.09. The van der Waals surface area contributed by atoms with Gasteiger partial charge in [-0.15, -0.1) is 20.4 Å². The van der Waals surface area contributed by atoms with Crippen LogP contribution in [0.3, 0.4) is 0 Å². The van der Waals surface area contributed by atoms with Crippen molar-refractivity contribution in [2.24, 2.45) is 0 Å². The van der Waals surface area contributed by atoms with Gasteiger partial charge in [0.05, 0.1) is 12.1 Å². The second-order valence-corrected chi connectivity index (χ2v) is 7.08. The summed E-state index contributed by atoms with van der Waals surface area (Å²) < 4.78 is 5.34. The van der Waals surface area contributed by atoms with Gasteiger partial charge in [-0.05, 0) is 37.8 Å². The molecule has 2 aromatic heterocycles. The third-order valence-corrected chi connectivity index (χ3v) is 5.09. The van der Waals surface area contributed by atoms with Crippen LogP contribution in [-0.4, -0.2) is 77.5 Å². The molecule has 2 saturated heterocycles. The van der Waals surface area contributed by atoms with Gasteiger partial charge >= 0.3 is 6.09 Å². The van der Waals surface area contributed by atoms with Crippen LogP contribution in [-0.2, 0) is 11.3 Å². The lowest BCUT2D eigenvalue weighted by molar-refractivity contribution is 0.0908. The minimum atomic E-state index is -0.332. The molecule has 172 valence electrons. The maximum absolute atomic E-state index is 12.1. The summed E-state index contributed by atoms with van der Waals surface area (Å²) in [7, 11) is 1.00. The Hall–Kier alpha value is -3.45. The summed E-state index contributed by atoms with van der Waals surface area (Å²) in [4.78, 5) is 13.8. The van der Waals surface area contributed by atoms with Gasteiger partial charge < -0.3 is 15.2 Å². The number of H-pyrrole nitrogens is 2. The van der Waals surface area contributed by atoms with Crippen molar-refractivity contribution in [3.63, 3.8) is 0 Å². The van der Waals surface area contributed by atoms with E-state index in [-0.39, 0.29) is 18.7 Å². The van der Waals surface area contributed by atoms with Crippen molar-refractivity contribution in [3.8, 4) is 0 Å². The van der Waals surface area contributed by atoms with Crippen LogP contribution in [0.5, 0.6) is 0 Å². The molecule has 0 saturated carbocycles. The van der Waals surface area contributed by atoms with Crippen LogP contribution in [0.1, 0.15) is 55.0 Å². The first kappa shape index (κ1) is 23.2. The van der Waals surface area contributed by atoms with E-state index in [1.807, 2.05) is 30.3 Å².